The van der Waals surface area contributed by atoms with Crippen molar-refractivity contribution in [2.75, 3.05) is 13.1 Å². The first-order valence-electron chi connectivity index (χ1n) is 7.36. The van der Waals surface area contributed by atoms with Crippen molar-refractivity contribution in [2.24, 2.45) is 13.0 Å². The molecule has 7 nitrogen and oxygen atoms in total. The minimum Gasteiger partial charge on any atom is -0.481 e. The molecule has 1 fully saturated rings. The number of hydrogen-bond acceptors (Lipinski definition) is 5. The van der Waals surface area contributed by atoms with Crippen molar-refractivity contribution in [3.05, 3.63) is 34.0 Å². The molecule has 122 valence electrons. The summed E-state index contributed by atoms with van der Waals surface area (Å²) in [6, 6.07) is 0. The molecule has 1 aliphatic rings. The third kappa shape index (κ3) is 3.12. The maximum Gasteiger partial charge on any atom is 0.308 e. The number of hydrogen-bond donors (Lipinski definition) is 1. The second kappa shape index (κ2) is 6.11. The van der Waals surface area contributed by atoms with Gasteiger partial charge >= 0.3 is 5.97 Å². The number of carboxylic acids is 1. The van der Waals surface area contributed by atoms with Crippen molar-refractivity contribution >= 4 is 23.2 Å². The molecule has 2 aromatic rings. The van der Waals surface area contributed by atoms with Crippen molar-refractivity contribution in [1.82, 2.24) is 19.7 Å². The van der Waals surface area contributed by atoms with E-state index in [9.17, 15) is 14.7 Å². The van der Waals surface area contributed by atoms with Crippen LogP contribution in [0.15, 0.2) is 17.9 Å². The second-order valence-corrected chi connectivity index (χ2v) is 6.75. The highest BCUT2D eigenvalue weighted by atomic mass is 32.1. The molecule has 0 aromatic carbocycles. The molecular weight excluding hydrogens is 316 g/mol. The number of carboxylic acid groups (broad SMARTS) is 1. The van der Waals surface area contributed by atoms with E-state index in [1.807, 2.05) is 13.2 Å². The molecule has 0 saturated carbocycles. The summed E-state index contributed by atoms with van der Waals surface area (Å²) >= 11 is 1.30. The van der Waals surface area contributed by atoms with E-state index in [1.54, 1.807) is 28.2 Å². The number of likely N-dealkylation sites (tertiary alicyclic amines) is 1. The van der Waals surface area contributed by atoms with E-state index in [-0.39, 0.29) is 18.4 Å². The minimum atomic E-state index is -0.864. The van der Waals surface area contributed by atoms with Gasteiger partial charge in [-0.25, -0.2) is 4.98 Å². The van der Waals surface area contributed by atoms with Crippen LogP contribution in [-0.4, -0.2) is 49.7 Å². The van der Waals surface area contributed by atoms with E-state index in [1.165, 1.54) is 11.3 Å². The lowest BCUT2D eigenvalue weighted by Gasteiger charge is -2.35. The fraction of sp³-hybridized carbons (Fsp3) is 0.467. The summed E-state index contributed by atoms with van der Waals surface area (Å²) in [6.07, 6.45) is 4.15. The van der Waals surface area contributed by atoms with E-state index < -0.39 is 11.9 Å². The summed E-state index contributed by atoms with van der Waals surface area (Å²) < 4.78 is 1.69. The highest BCUT2D eigenvalue weighted by Gasteiger charge is 2.36. The fourth-order valence-corrected chi connectivity index (χ4v) is 3.76. The lowest BCUT2D eigenvalue weighted by Crippen LogP contribution is -2.45. The summed E-state index contributed by atoms with van der Waals surface area (Å²) in [5.74, 6) is -1.58. The average Bonchev–Trinajstić information content (AvgIpc) is 3.14. The van der Waals surface area contributed by atoms with Gasteiger partial charge in [-0.3, -0.25) is 14.3 Å². The number of rotatable bonds is 3. The standard InChI is InChI=1S/C15H18N4O3S/c1-9-13(23-8-16-9)14(20)19-6-10(3-11(7-19)15(21)22)12-4-17-18(2)5-12/h4-5,8,10-11H,3,6-7H2,1-2H3,(H,21,22). The van der Waals surface area contributed by atoms with Crippen LogP contribution in [0.25, 0.3) is 0 Å². The van der Waals surface area contributed by atoms with E-state index in [0.717, 1.165) is 5.56 Å². The van der Waals surface area contributed by atoms with Crippen LogP contribution in [0, 0.1) is 12.8 Å². The first-order valence-corrected chi connectivity index (χ1v) is 8.24. The molecule has 1 saturated heterocycles. The van der Waals surface area contributed by atoms with Crippen LogP contribution >= 0.6 is 11.3 Å². The second-order valence-electron chi connectivity index (χ2n) is 5.89. The Balaban J connectivity index is 1.86. The molecule has 2 atom stereocenters. The van der Waals surface area contributed by atoms with Gasteiger partial charge in [-0.15, -0.1) is 11.3 Å². The Morgan fingerprint density at radius 2 is 2.17 bits per heavy atom. The molecule has 3 heterocycles. The van der Waals surface area contributed by atoms with Crippen molar-refractivity contribution in [3.8, 4) is 0 Å². The maximum absolute atomic E-state index is 12.7. The Morgan fingerprint density at radius 1 is 1.39 bits per heavy atom. The molecule has 1 amide bonds. The molecule has 1 aliphatic heterocycles. The Hall–Kier alpha value is -2.22. The van der Waals surface area contributed by atoms with E-state index in [0.29, 0.717) is 23.5 Å². The number of aromatic nitrogens is 3. The topological polar surface area (TPSA) is 88.3 Å². The van der Waals surface area contributed by atoms with E-state index in [2.05, 4.69) is 10.1 Å². The van der Waals surface area contributed by atoms with Gasteiger partial charge in [0.25, 0.3) is 5.91 Å². The van der Waals surface area contributed by atoms with Crippen LogP contribution in [0.3, 0.4) is 0 Å². The van der Waals surface area contributed by atoms with Crippen molar-refractivity contribution in [2.45, 2.75) is 19.3 Å². The molecule has 1 N–H and O–H groups in total. The molecule has 0 bridgehead atoms. The van der Waals surface area contributed by atoms with Gasteiger partial charge in [0.1, 0.15) is 4.88 Å². The lowest BCUT2D eigenvalue weighted by atomic mass is 9.85. The summed E-state index contributed by atoms with van der Waals surface area (Å²) in [7, 11) is 1.82. The third-order valence-electron chi connectivity index (χ3n) is 4.22. The van der Waals surface area contributed by atoms with Crippen LogP contribution in [0.4, 0.5) is 0 Å². The van der Waals surface area contributed by atoms with Crippen LogP contribution in [-0.2, 0) is 11.8 Å². The van der Waals surface area contributed by atoms with Crippen molar-refractivity contribution < 1.29 is 14.7 Å². The monoisotopic (exact) mass is 334 g/mol. The Kier molecular flexibility index (Phi) is 4.16. The van der Waals surface area contributed by atoms with Crippen LogP contribution in [0.5, 0.6) is 0 Å². The largest absolute Gasteiger partial charge is 0.481 e. The normalized spacial score (nSPS) is 21.4. The Bertz CT molecular complexity index is 739. The predicted molar refractivity (Wildman–Crippen MR) is 84.4 cm³/mol. The number of nitrogens with zero attached hydrogens (tertiary/aromatic N) is 4. The van der Waals surface area contributed by atoms with Gasteiger partial charge in [-0.2, -0.15) is 5.10 Å². The fourth-order valence-electron chi connectivity index (χ4n) is 2.99. The quantitative estimate of drug-likeness (QED) is 0.919. The number of carbonyl (C=O) groups excluding carboxylic acids is 1. The number of thiazole rings is 1. The highest BCUT2D eigenvalue weighted by molar-refractivity contribution is 7.11. The maximum atomic E-state index is 12.7. The zero-order chi connectivity index (χ0) is 16.6. The SMILES string of the molecule is Cc1ncsc1C(=O)N1CC(C(=O)O)CC(c2cnn(C)c2)C1. The molecular formula is C15H18N4O3S. The highest BCUT2D eigenvalue weighted by Crippen LogP contribution is 2.31. The minimum absolute atomic E-state index is 0.0178. The van der Waals surface area contributed by atoms with Crippen LogP contribution < -0.4 is 0 Å². The number of aryl methyl sites for hydroxylation is 2. The summed E-state index contributed by atoms with van der Waals surface area (Å²) in [6.45, 7) is 2.54. The Morgan fingerprint density at radius 3 is 2.74 bits per heavy atom. The lowest BCUT2D eigenvalue weighted by molar-refractivity contribution is -0.143. The zero-order valence-corrected chi connectivity index (χ0v) is 13.8. The van der Waals surface area contributed by atoms with Gasteiger partial charge in [0.05, 0.1) is 23.3 Å². The van der Waals surface area contributed by atoms with Crippen molar-refractivity contribution in [3.63, 3.8) is 0 Å². The summed E-state index contributed by atoms with van der Waals surface area (Å²) in [5.41, 5.74) is 3.30. The molecule has 23 heavy (non-hydrogen) atoms. The van der Waals surface area contributed by atoms with Crippen LogP contribution in [0.2, 0.25) is 0 Å². The van der Waals surface area contributed by atoms with Gasteiger partial charge in [0.15, 0.2) is 0 Å². The Labute approximate surface area is 137 Å². The number of carbonyl (C=O) groups is 2. The number of aliphatic carboxylic acids is 1. The predicted octanol–water partition coefficient (Wildman–Crippen LogP) is 1.52. The molecule has 0 radical (unpaired) electrons. The molecule has 0 spiro atoms. The molecule has 3 rings (SSSR count). The molecule has 0 aliphatic carbocycles. The van der Waals surface area contributed by atoms with Crippen molar-refractivity contribution in [1.29, 1.82) is 0 Å². The first-order chi connectivity index (χ1) is 11.0. The summed E-state index contributed by atoms with van der Waals surface area (Å²) in [4.78, 5) is 30.5. The van der Waals surface area contributed by atoms with Gasteiger partial charge in [0.2, 0.25) is 0 Å². The van der Waals surface area contributed by atoms with Gasteiger partial charge in [-0.1, -0.05) is 0 Å². The molecule has 2 aromatic heterocycles. The smallest absolute Gasteiger partial charge is 0.308 e. The van der Waals surface area contributed by atoms with Gasteiger partial charge < -0.3 is 10.0 Å². The number of amides is 1. The van der Waals surface area contributed by atoms with Gasteiger partial charge in [0, 0.05) is 32.3 Å². The number of piperidine rings is 1. The van der Waals surface area contributed by atoms with E-state index in [4.69, 9.17) is 0 Å². The third-order valence-corrected chi connectivity index (χ3v) is 5.14. The van der Waals surface area contributed by atoms with E-state index >= 15 is 0 Å². The summed E-state index contributed by atoms with van der Waals surface area (Å²) in [5, 5.41) is 13.6. The molecule has 8 heteroatoms. The zero-order valence-electron chi connectivity index (χ0n) is 13.0. The van der Waals surface area contributed by atoms with Crippen LogP contribution in [0.1, 0.15) is 33.3 Å². The molecule has 2 unspecified atom stereocenters. The average molecular weight is 334 g/mol. The first kappa shape index (κ1) is 15.7. The van der Waals surface area contributed by atoms with Gasteiger partial charge in [-0.05, 0) is 18.9 Å².